The maximum absolute atomic E-state index is 10.2. The van der Waals surface area contributed by atoms with Gasteiger partial charge >= 0.3 is 0 Å². The highest BCUT2D eigenvalue weighted by Gasteiger charge is 2.20. The number of β-amino-alcohol motifs (C(OH)–C–C–N with tert-alkyl or cyclic N) is 1. The van der Waals surface area contributed by atoms with E-state index < -0.39 is 6.10 Å². The van der Waals surface area contributed by atoms with Crippen LogP contribution in [-0.2, 0) is 6.42 Å². The molecule has 0 saturated heterocycles. The summed E-state index contributed by atoms with van der Waals surface area (Å²) in [5.74, 6) is 1.46. The lowest BCUT2D eigenvalue weighted by Gasteiger charge is -2.23. The molecule has 0 aromatic heterocycles. The lowest BCUT2D eigenvalue weighted by Crippen LogP contribution is -2.34. The van der Waals surface area contributed by atoms with Crippen LogP contribution in [0.25, 0.3) is 0 Å². The van der Waals surface area contributed by atoms with Crippen molar-refractivity contribution in [2.75, 3.05) is 31.7 Å². The summed E-state index contributed by atoms with van der Waals surface area (Å²) in [5.41, 5.74) is 2.58. The molecule has 1 N–H and O–H groups in total. The number of ether oxygens (including phenoxy) is 2. The Morgan fingerprint density at radius 2 is 1.91 bits per heavy atom. The van der Waals surface area contributed by atoms with Gasteiger partial charge in [0.2, 0.25) is 0 Å². The minimum atomic E-state index is -0.530. The number of rotatable bonds is 6. The fourth-order valence-corrected chi connectivity index (χ4v) is 2.79. The second-order valence-corrected chi connectivity index (χ2v) is 5.47. The van der Waals surface area contributed by atoms with Gasteiger partial charge in [-0.2, -0.15) is 0 Å². The largest absolute Gasteiger partial charge is 0.497 e. The highest BCUT2D eigenvalue weighted by molar-refractivity contribution is 5.85. The van der Waals surface area contributed by atoms with Gasteiger partial charge in [0.25, 0.3) is 0 Å². The van der Waals surface area contributed by atoms with Gasteiger partial charge in [-0.25, -0.2) is 0 Å². The molecular formula is C18H22ClNO3. The van der Waals surface area contributed by atoms with Crippen molar-refractivity contribution in [1.29, 1.82) is 0 Å². The van der Waals surface area contributed by atoms with E-state index in [2.05, 4.69) is 23.1 Å². The number of aliphatic hydroxyl groups is 1. The molecule has 0 radical (unpaired) electrons. The zero-order valence-corrected chi connectivity index (χ0v) is 14.0. The van der Waals surface area contributed by atoms with Crippen molar-refractivity contribution in [3.8, 4) is 11.5 Å². The highest BCUT2D eigenvalue weighted by Crippen LogP contribution is 2.27. The number of hydrogen-bond acceptors (Lipinski definition) is 4. The van der Waals surface area contributed by atoms with Crippen molar-refractivity contribution >= 4 is 18.1 Å². The molecule has 0 bridgehead atoms. The number of halogens is 1. The Bertz CT molecular complexity index is 635. The summed E-state index contributed by atoms with van der Waals surface area (Å²) in [6.07, 6.45) is 0.511. The Labute approximate surface area is 143 Å². The van der Waals surface area contributed by atoms with E-state index in [1.807, 2.05) is 30.3 Å². The van der Waals surface area contributed by atoms with Crippen LogP contribution in [0.15, 0.2) is 48.5 Å². The molecule has 0 amide bonds. The highest BCUT2D eigenvalue weighted by atomic mass is 35.5. The van der Waals surface area contributed by atoms with Crippen LogP contribution in [0.1, 0.15) is 5.56 Å². The summed E-state index contributed by atoms with van der Waals surface area (Å²) in [6, 6.07) is 15.8. The van der Waals surface area contributed by atoms with Gasteiger partial charge in [-0.05, 0) is 30.2 Å². The van der Waals surface area contributed by atoms with Crippen LogP contribution < -0.4 is 14.4 Å². The Morgan fingerprint density at radius 3 is 2.74 bits per heavy atom. The molecule has 23 heavy (non-hydrogen) atoms. The number of fused-ring (bicyclic) bond motifs is 1. The minimum Gasteiger partial charge on any atom is -0.497 e. The quantitative estimate of drug-likeness (QED) is 0.881. The number of hydrogen-bond donors (Lipinski definition) is 1. The first-order valence-electron chi connectivity index (χ1n) is 7.54. The van der Waals surface area contributed by atoms with E-state index in [9.17, 15) is 5.11 Å². The van der Waals surface area contributed by atoms with Crippen molar-refractivity contribution < 1.29 is 14.6 Å². The van der Waals surface area contributed by atoms with E-state index in [0.717, 1.165) is 18.7 Å². The molecule has 1 aliphatic rings. The zero-order chi connectivity index (χ0) is 15.4. The smallest absolute Gasteiger partial charge is 0.123 e. The molecule has 1 atom stereocenters. The number of benzene rings is 2. The first-order chi connectivity index (χ1) is 10.8. The van der Waals surface area contributed by atoms with Crippen molar-refractivity contribution in [3.63, 3.8) is 0 Å². The Hall–Kier alpha value is -1.91. The molecule has 3 rings (SSSR count). The van der Waals surface area contributed by atoms with Crippen molar-refractivity contribution in [1.82, 2.24) is 0 Å². The third kappa shape index (κ3) is 4.30. The molecule has 4 nitrogen and oxygen atoms in total. The number of methoxy groups -OCH3 is 1. The second-order valence-electron chi connectivity index (χ2n) is 5.47. The normalized spacial score (nSPS) is 13.9. The molecule has 1 heterocycles. The Kier molecular flexibility index (Phi) is 6.13. The first-order valence-corrected chi connectivity index (χ1v) is 7.54. The molecule has 0 saturated carbocycles. The molecule has 2 aromatic carbocycles. The lowest BCUT2D eigenvalue weighted by atomic mass is 10.2. The van der Waals surface area contributed by atoms with E-state index in [4.69, 9.17) is 9.47 Å². The van der Waals surface area contributed by atoms with Gasteiger partial charge in [0.15, 0.2) is 0 Å². The van der Waals surface area contributed by atoms with Gasteiger partial charge in [0, 0.05) is 24.8 Å². The Morgan fingerprint density at radius 1 is 1.13 bits per heavy atom. The summed E-state index contributed by atoms with van der Waals surface area (Å²) < 4.78 is 10.8. The van der Waals surface area contributed by atoms with E-state index >= 15 is 0 Å². The average molecular weight is 336 g/mol. The summed E-state index contributed by atoms with van der Waals surface area (Å²) in [7, 11) is 1.62. The Balaban J connectivity index is 0.00000192. The van der Waals surface area contributed by atoms with Gasteiger partial charge in [-0.15, -0.1) is 12.4 Å². The second kappa shape index (κ2) is 8.09. The molecule has 1 aliphatic heterocycles. The van der Waals surface area contributed by atoms with Crippen molar-refractivity contribution in [2.45, 2.75) is 12.5 Å². The number of aliphatic hydroxyl groups excluding tert-OH is 1. The average Bonchev–Trinajstić information content (AvgIpc) is 2.96. The monoisotopic (exact) mass is 335 g/mol. The van der Waals surface area contributed by atoms with Crippen LogP contribution in [-0.4, -0.2) is 38.0 Å². The van der Waals surface area contributed by atoms with E-state index in [1.165, 1.54) is 11.3 Å². The summed E-state index contributed by atoms with van der Waals surface area (Å²) in [5, 5.41) is 10.2. The van der Waals surface area contributed by atoms with Gasteiger partial charge < -0.3 is 19.5 Å². The molecule has 0 aliphatic carbocycles. The number of nitrogens with zero attached hydrogens (tertiary/aromatic N) is 1. The SMILES string of the molecule is COc1cccc(OCC(O)CN2CCc3ccccc32)c1.Cl. The third-order valence-electron chi connectivity index (χ3n) is 3.90. The molecule has 1 unspecified atom stereocenters. The van der Waals surface area contributed by atoms with Gasteiger partial charge in [0.1, 0.15) is 24.2 Å². The molecule has 0 spiro atoms. The van der Waals surface area contributed by atoms with Crippen LogP contribution in [0.2, 0.25) is 0 Å². The zero-order valence-electron chi connectivity index (χ0n) is 13.1. The van der Waals surface area contributed by atoms with Crippen molar-refractivity contribution in [2.24, 2.45) is 0 Å². The van der Waals surface area contributed by atoms with Crippen LogP contribution in [0.3, 0.4) is 0 Å². The summed E-state index contributed by atoms with van der Waals surface area (Å²) in [6.45, 7) is 1.81. The van der Waals surface area contributed by atoms with Crippen LogP contribution >= 0.6 is 12.4 Å². The number of anilines is 1. The topological polar surface area (TPSA) is 41.9 Å². The molecule has 124 valence electrons. The van der Waals surface area contributed by atoms with Gasteiger partial charge in [-0.3, -0.25) is 0 Å². The molecule has 5 heteroatoms. The molecule has 0 fully saturated rings. The fourth-order valence-electron chi connectivity index (χ4n) is 2.79. The minimum absolute atomic E-state index is 0. The first kappa shape index (κ1) is 17.4. The fraction of sp³-hybridized carbons (Fsp3) is 0.333. The van der Waals surface area contributed by atoms with Crippen LogP contribution in [0, 0.1) is 0 Å². The van der Waals surface area contributed by atoms with Crippen LogP contribution in [0.4, 0.5) is 5.69 Å². The van der Waals surface area contributed by atoms with Gasteiger partial charge in [-0.1, -0.05) is 24.3 Å². The molecule has 2 aromatic rings. The van der Waals surface area contributed by atoms with E-state index in [0.29, 0.717) is 12.3 Å². The van der Waals surface area contributed by atoms with E-state index in [1.54, 1.807) is 7.11 Å². The van der Waals surface area contributed by atoms with E-state index in [-0.39, 0.29) is 19.0 Å². The number of para-hydroxylation sites is 1. The van der Waals surface area contributed by atoms with Crippen molar-refractivity contribution in [3.05, 3.63) is 54.1 Å². The van der Waals surface area contributed by atoms with Gasteiger partial charge in [0.05, 0.1) is 7.11 Å². The lowest BCUT2D eigenvalue weighted by molar-refractivity contribution is 0.112. The summed E-state index contributed by atoms with van der Waals surface area (Å²) in [4.78, 5) is 2.22. The van der Waals surface area contributed by atoms with Crippen LogP contribution in [0.5, 0.6) is 11.5 Å². The molecular weight excluding hydrogens is 314 g/mol. The third-order valence-corrected chi connectivity index (χ3v) is 3.90. The summed E-state index contributed by atoms with van der Waals surface area (Å²) >= 11 is 0. The predicted octanol–water partition coefficient (Wildman–Crippen LogP) is 2.92. The standard InChI is InChI=1S/C18H21NO3.ClH/c1-21-16-6-4-7-17(11-16)22-13-15(20)12-19-10-9-14-5-2-3-8-18(14)19;/h2-8,11,15,20H,9-10,12-13H2,1H3;1H. The maximum atomic E-state index is 10.2. The predicted molar refractivity (Wildman–Crippen MR) is 94.1 cm³/mol. The maximum Gasteiger partial charge on any atom is 0.123 e.